The molecule has 0 radical (unpaired) electrons. The Morgan fingerprint density at radius 1 is 1.03 bits per heavy atom. The van der Waals surface area contributed by atoms with Crippen molar-refractivity contribution < 1.29 is 4.79 Å². The van der Waals surface area contributed by atoms with E-state index < -0.39 is 0 Å². The summed E-state index contributed by atoms with van der Waals surface area (Å²) in [7, 11) is 0. The van der Waals surface area contributed by atoms with E-state index >= 15 is 0 Å². The van der Waals surface area contributed by atoms with Crippen LogP contribution in [0, 0.1) is 0 Å². The molecule has 2 aromatic heterocycles. The number of pyridine rings is 1. The maximum Gasteiger partial charge on any atom is 0.280 e. The molecule has 152 valence electrons. The van der Waals surface area contributed by atoms with Crippen LogP contribution in [0.3, 0.4) is 0 Å². The van der Waals surface area contributed by atoms with Crippen LogP contribution in [0.4, 0.5) is 0 Å². The van der Waals surface area contributed by atoms with E-state index in [9.17, 15) is 9.59 Å². The average molecular weight is 400 g/mol. The highest BCUT2D eigenvalue weighted by molar-refractivity contribution is 6.06. The number of benzene rings is 2. The Kier molecular flexibility index (Phi) is 4.62. The number of carbonyl (C=O) groups is 1. The number of aromatic nitrogens is 3. The van der Waals surface area contributed by atoms with Gasteiger partial charge in [0.05, 0.1) is 22.1 Å². The smallest absolute Gasteiger partial charge is 0.280 e. The van der Waals surface area contributed by atoms with Crippen molar-refractivity contribution in [1.29, 1.82) is 0 Å². The SMILES string of the molecule is CCc1ccc(-n2[nH]c3c(cnc4ccc(C(=O)N5CCCCC5)cc43)c2=O)cc1. The van der Waals surface area contributed by atoms with E-state index in [-0.39, 0.29) is 11.5 Å². The van der Waals surface area contributed by atoms with Crippen LogP contribution >= 0.6 is 0 Å². The number of aromatic amines is 1. The molecule has 5 rings (SSSR count). The largest absolute Gasteiger partial charge is 0.339 e. The first-order valence-electron chi connectivity index (χ1n) is 10.6. The maximum absolute atomic E-state index is 13.0. The summed E-state index contributed by atoms with van der Waals surface area (Å²) in [6.07, 6.45) is 5.85. The number of aryl methyl sites for hydroxylation is 1. The summed E-state index contributed by atoms with van der Waals surface area (Å²) < 4.78 is 1.55. The van der Waals surface area contributed by atoms with Gasteiger partial charge in [0.25, 0.3) is 11.5 Å². The highest BCUT2D eigenvalue weighted by Gasteiger charge is 2.19. The van der Waals surface area contributed by atoms with Crippen LogP contribution < -0.4 is 5.56 Å². The van der Waals surface area contributed by atoms with Gasteiger partial charge in [-0.05, 0) is 61.6 Å². The first kappa shape index (κ1) is 18.6. The molecule has 0 unspecified atom stereocenters. The van der Waals surface area contributed by atoms with Crippen LogP contribution in [-0.4, -0.2) is 38.7 Å². The van der Waals surface area contributed by atoms with Crippen molar-refractivity contribution >= 4 is 27.7 Å². The van der Waals surface area contributed by atoms with Crippen molar-refractivity contribution in [3.63, 3.8) is 0 Å². The van der Waals surface area contributed by atoms with E-state index in [1.165, 1.54) is 12.0 Å². The zero-order valence-corrected chi connectivity index (χ0v) is 17.0. The van der Waals surface area contributed by atoms with Gasteiger partial charge < -0.3 is 4.90 Å². The molecule has 0 saturated carbocycles. The van der Waals surface area contributed by atoms with Gasteiger partial charge in [0.2, 0.25) is 0 Å². The Balaban J connectivity index is 1.62. The molecule has 6 heteroatoms. The van der Waals surface area contributed by atoms with Gasteiger partial charge in [0, 0.05) is 30.2 Å². The minimum absolute atomic E-state index is 0.0468. The van der Waals surface area contributed by atoms with Gasteiger partial charge >= 0.3 is 0 Å². The number of carbonyl (C=O) groups excluding carboxylic acids is 1. The molecule has 1 aliphatic rings. The molecular formula is C24H24N4O2. The Hall–Kier alpha value is -3.41. The van der Waals surface area contributed by atoms with Crippen molar-refractivity contribution in [3.8, 4) is 5.69 Å². The number of rotatable bonds is 3. The molecule has 2 aromatic carbocycles. The van der Waals surface area contributed by atoms with Gasteiger partial charge in [-0.15, -0.1) is 0 Å². The van der Waals surface area contributed by atoms with Gasteiger partial charge in [0.15, 0.2) is 0 Å². The Morgan fingerprint density at radius 2 is 1.80 bits per heavy atom. The summed E-state index contributed by atoms with van der Waals surface area (Å²) in [5.41, 5.74) is 3.96. The number of amides is 1. The fourth-order valence-corrected chi connectivity index (χ4v) is 4.23. The highest BCUT2D eigenvalue weighted by atomic mass is 16.2. The fourth-order valence-electron chi connectivity index (χ4n) is 4.23. The monoisotopic (exact) mass is 400 g/mol. The summed E-state index contributed by atoms with van der Waals surface area (Å²) in [4.78, 5) is 32.3. The minimum Gasteiger partial charge on any atom is -0.339 e. The lowest BCUT2D eigenvalue weighted by Gasteiger charge is -2.26. The third kappa shape index (κ3) is 3.09. The van der Waals surface area contributed by atoms with Crippen molar-refractivity contribution in [2.24, 2.45) is 0 Å². The summed E-state index contributed by atoms with van der Waals surface area (Å²) in [6.45, 7) is 3.71. The standard InChI is InChI=1S/C24H24N4O2/c1-2-16-6-9-18(10-7-16)28-24(30)20-15-25-21-11-8-17(14-19(21)22(20)26-28)23(29)27-12-4-3-5-13-27/h6-11,14-15,26H,2-5,12-13H2,1H3. The lowest BCUT2D eigenvalue weighted by atomic mass is 10.1. The van der Waals surface area contributed by atoms with Crippen LogP contribution in [0.1, 0.15) is 42.1 Å². The molecule has 1 saturated heterocycles. The zero-order chi connectivity index (χ0) is 20.7. The number of nitrogens with zero attached hydrogens (tertiary/aromatic N) is 3. The molecule has 1 fully saturated rings. The number of nitrogens with one attached hydrogen (secondary N) is 1. The zero-order valence-electron chi connectivity index (χ0n) is 17.0. The van der Waals surface area contributed by atoms with Gasteiger partial charge in [-0.25, -0.2) is 4.68 Å². The van der Waals surface area contributed by atoms with Gasteiger partial charge in [0.1, 0.15) is 0 Å². The first-order chi connectivity index (χ1) is 14.7. The van der Waals surface area contributed by atoms with E-state index in [1.807, 2.05) is 47.4 Å². The summed E-state index contributed by atoms with van der Waals surface area (Å²) in [6, 6.07) is 13.5. The van der Waals surface area contributed by atoms with E-state index in [4.69, 9.17) is 0 Å². The van der Waals surface area contributed by atoms with E-state index in [0.717, 1.165) is 48.9 Å². The highest BCUT2D eigenvalue weighted by Crippen LogP contribution is 2.24. The molecule has 0 spiro atoms. The molecule has 4 aromatic rings. The molecule has 0 aliphatic carbocycles. The number of H-pyrrole nitrogens is 1. The second kappa shape index (κ2) is 7.44. The van der Waals surface area contributed by atoms with Crippen LogP contribution in [-0.2, 0) is 6.42 Å². The molecule has 1 aliphatic heterocycles. The normalized spacial score (nSPS) is 14.5. The number of likely N-dealkylation sites (tertiary alicyclic amines) is 1. The topological polar surface area (TPSA) is 71.0 Å². The molecule has 6 nitrogen and oxygen atoms in total. The van der Waals surface area contributed by atoms with Crippen molar-refractivity contribution in [1.82, 2.24) is 19.7 Å². The second-order valence-electron chi connectivity index (χ2n) is 7.90. The predicted molar refractivity (Wildman–Crippen MR) is 118 cm³/mol. The fraction of sp³-hybridized carbons (Fsp3) is 0.292. The summed E-state index contributed by atoms with van der Waals surface area (Å²) in [5.74, 6) is 0.0468. The molecular weight excluding hydrogens is 376 g/mol. The van der Waals surface area contributed by atoms with Crippen LogP contribution in [0.25, 0.3) is 27.5 Å². The first-order valence-corrected chi connectivity index (χ1v) is 10.6. The van der Waals surface area contributed by atoms with Crippen molar-refractivity contribution in [2.75, 3.05) is 13.1 Å². The molecule has 3 heterocycles. The Bertz CT molecular complexity index is 1290. The van der Waals surface area contributed by atoms with E-state index in [1.54, 1.807) is 10.9 Å². The second-order valence-corrected chi connectivity index (χ2v) is 7.90. The Morgan fingerprint density at radius 3 is 2.53 bits per heavy atom. The van der Waals surface area contributed by atoms with Gasteiger partial charge in [-0.1, -0.05) is 19.1 Å². The number of fused-ring (bicyclic) bond motifs is 3. The average Bonchev–Trinajstić information content (AvgIpc) is 3.15. The number of hydrogen-bond acceptors (Lipinski definition) is 3. The third-order valence-corrected chi connectivity index (χ3v) is 6.02. The minimum atomic E-state index is -0.142. The summed E-state index contributed by atoms with van der Waals surface area (Å²) in [5, 5.41) is 4.55. The van der Waals surface area contributed by atoms with Crippen molar-refractivity contribution in [3.05, 3.63) is 70.1 Å². The molecule has 0 bridgehead atoms. The molecule has 1 amide bonds. The van der Waals surface area contributed by atoms with Gasteiger partial charge in [-0.2, -0.15) is 0 Å². The van der Waals surface area contributed by atoms with Crippen molar-refractivity contribution in [2.45, 2.75) is 32.6 Å². The Labute approximate surface area is 174 Å². The number of hydrogen-bond donors (Lipinski definition) is 1. The third-order valence-electron chi connectivity index (χ3n) is 6.02. The van der Waals surface area contributed by atoms with Crippen LogP contribution in [0.15, 0.2) is 53.5 Å². The van der Waals surface area contributed by atoms with Crippen LogP contribution in [0.2, 0.25) is 0 Å². The van der Waals surface area contributed by atoms with Gasteiger partial charge in [-0.3, -0.25) is 19.7 Å². The lowest BCUT2D eigenvalue weighted by molar-refractivity contribution is 0.0724. The quantitative estimate of drug-likeness (QED) is 0.564. The summed E-state index contributed by atoms with van der Waals surface area (Å²) >= 11 is 0. The molecule has 0 atom stereocenters. The van der Waals surface area contributed by atoms with E-state index in [2.05, 4.69) is 17.0 Å². The maximum atomic E-state index is 13.0. The predicted octanol–water partition coefficient (Wildman–Crippen LogP) is 4.06. The lowest BCUT2D eigenvalue weighted by Crippen LogP contribution is -2.35. The molecule has 30 heavy (non-hydrogen) atoms. The number of piperidine rings is 1. The van der Waals surface area contributed by atoms with E-state index in [0.29, 0.717) is 16.5 Å². The molecule has 1 N–H and O–H groups in total. The van der Waals surface area contributed by atoms with Crippen LogP contribution in [0.5, 0.6) is 0 Å².